The van der Waals surface area contributed by atoms with Crippen LogP contribution in [0.3, 0.4) is 0 Å². The van der Waals surface area contributed by atoms with E-state index in [1.54, 1.807) is 29.6 Å². The van der Waals surface area contributed by atoms with E-state index in [9.17, 15) is 18.3 Å². The smallest absolute Gasteiger partial charge is 0.257 e. The lowest BCUT2D eigenvalue weighted by Gasteiger charge is -2.12. The molecule has 1 atom stereocenters. The van der Waals surface area contributed by atoms with E-state index in [1.165, 1.54) is 11.3 Å². The first-order chi connectivity index (χ1) is 14.9. The summed E-state index contributed by atoms with van der Waals surface area (Å²) >= 11 is 1.17. The maximum absolute atomic E-state index is 13.1. The minimum Gasteiger partial charge on any atom is -0.393 e. The third-order valence-corrected chi connectivity index (χ3v) is 8.81. The third-order valence-electron chi connectivity index (χ3n) is 5.76. The van der Waals surface area contributed by atoms with Crippen LogP contribution in [0.2, 0.25) is 0 Å². The van der Waals surface area contributed by atoms with Gasteiger partial charge in [0.05, 0.1) is 22.4 Å². The van der Waals surface area contributed by atoms with Crippen LogP contribution in [0.15, 0.2) is 40.6 Å². The molecular weight excluding hydrogens is 436 g/mol. The van der Waals surface area contributed by atoms with Gasteiger partial charge < -0.3 is 10.2 Å². The highest BCUT2D eigenvalue weighted by atomic mass is 32.2. The topological polar surface area (TPSA) is 117 Å². The number of allylic oxidation sites excluding steroid dienone is 1. The number of carbonyl (C=O) groups excluding carboxylic acids is 1. The first-order valence-corrected chi connectivity index (χ1v) is 12.9. The molecule has 2 saturated carbocycles. The van der Waals surface area contributed by atoms with Crippen LogP contribution in [0.25, 0.3) is 5.57 Å². The second kappa shape index (κ2) is 9.20. The van der Waals surface area contributed by atoms with Gasteiger partial charge in [-0.25, -0.2) is 13.4 Å². The molecule has 0 aliphatic heterocycles. The van der Waals surface area contributed by atoms with Crippen LogP contribution in [-0.4, -0.2) is 41.4 Å². The summed E-state index contributed by atoms with van der Waals surface area (Å²) in [5.74, 6) is -0.0252. The van der Waals surface area contributed by atoms with Crippen LogP contribution in [0.1, 0.15) is 55.9 Å². The monoisotopic (exact) mass is 462 g/mol. The molecule has 2 fully saturated rings. The Bertz CT molecular complexity index is 1070. The minimum absolute atomic E-state index is 0.275. The molecule has 0 bridgehead atoms. The second-order valence-electron chi connectivity index (χ2n) is 8.12. The van der Waals surface area contributed by atoms with Crippen LogP contribution in [0.5, 0.6) is 0 Å². The lowest BCUT2D eigenvalue weighted by molar-refractivity contribution is -0.111. The molecule has 3 N–H and O–H groups in total. The number of nitrogens with zero attached hydrogens (tertiary/aromatic N) is 1. The number of hydrogen-bond acceptors (Lipinski definition) is 7. The molecule has 1 aromatic carbocycles. The molecule has 4 rings (SSSR count). The molecule has 166 valence electrons. The number of aliphatic hydroxyl groups excluding tert-OH is 2. The van der Waals surface area contributed by atoms with Gasteiger partial charge in [-0.2, -0.15) is 0 Å². The van der Waals surface area contributed by atoms with E-state index in [-0.39, 0.29) is 11.2 Å². The molecule has 1 amide bonds. The van der Waals surface area contributed by atoms with Gasteiger partial charge in [-0.05, 0) is 49.3 Å². The van der Waals surface area contributed by atoms with Gasteiger partial charge in [-0.15, -0.1) is 11.3 Å². The van der Waals surface area contributed by atoms with E-state index in [0.717, 1.165) is 25.7 Å². The summed E-state index contributed by atoms with van der Waals surface area (Å²) in [7, 11) is -3.28. The molecule has 2 aliphatic rings. The minimum atomic E-state index is -3.28. The predicted molar refractivity (Wildman–Crippen MR) is 119 cm³/mol. The van der Waals surface area contributed by atoms with E-state index in [4.69, 9.17) is 5.11 Å². The van der Waals surface area contributed by atoms with Gasteiger partial charge in [0.1, 0.15) is 6.10 Å². The predicted octanol–water partition coefficient (Wildman–Crippen LogP) is 3.32. The average molecular weight is 463 g/mol. The van der Waals surface area contributed by atoms with Gasteiger partial charge in [0, 0.05) is 11.0 Å². The van der Waals surface area contributed by atoms with Gasteiger partial charge >= 0.3 is 0 Å². The number of nitrogens with one attached hydrogen (secondary N) is 1. The summed E-state index contributed by atoms with van der Waals surface area (Å²) < 4.78 is 24.9. The maximum Gasteiger partial charge on any atom is 0.257 e. The molecule has 31 heavy (non-hydrogen) atoms. The highest BCUT2D eigenvalue weighted by Gasteiger charge is 2.36. The number of rotatable bonds is 8. The van der Waals surface area contributed by atoms with Crippen molar-refractivity contribution in [1.29, 1.82) is 0 Å². The van der Waals surface area contributed by atoms with Gasteiger partial charge in [0.15, 0.2) is 15.0 Å². The number of hydrogen-bond donors (Lipinski definition) is 3. The Hall–Kier alpha value is -2.07. The number of benzene rings is 1. The van der Waals surface area contributed by atoms with Crippen molar-refractivity contribution in [2.45, 2.75) is 54.8 Å². The van der Waals surface area contributed by atoms with Crippen molar-refractivity contribution in [1.82, 2.24) is 4.98 Å². The molecule has 2 aromatic rings. The van der Waals surface area contributed by atoms with E-state index >= 15 is 0 Å². The Morgan fingerprint density at radius 1 is 1.19 bits per heavy atom. The number of anilines is 1. The van der Waals surface area contributed by atoms with Crippen molar-refractivity contribution in [2.75, 3.05) is 11.9 Å². The Labute approximate surface area is 185 Å². The molecule has 9 heteroatoms. The summed E-state index contributed by atoms with van der Waals surface area (Å²) in [6, 6.07) is 6.55. The fraction of sp³-hybridized carbons (Fsp3) is 0.455. The highest BCUT2D eigenvalue weighted by Crippen LogP contribution is 2.35. The quantitative estimate of drug-likeness (QED) is 0.518. The van der Waals surface area contributed by atoms with Crippen molar-refractivity contribution >= 4 is 37.8 Å². The SMILES string of the molecule is O=C(Nc1nc(C(O)CO)cs1)/C(=C/C1CCCC1)c1ccc(S(=O)(=O)C2CC2)cc1. The number of carbonyl (C=O) groups is 1. The van der Waals surface area contributed by atoms with Crippen LogP contribution in [0, 0.1) is 5.92 Å². The van der Waals surface area contributed by atoms with Crippen molar-refractivity contribution in [3.63, 3.8) is 0 Å². The fourth-order valence-electron chi connectivity index (χ4n) is 3.81. The summed E-state index contributed by atoms with van der Waals surface area (Å²) in [5, 5.41) is 23.2. The summed E-state index contributed by atoms with van der Waals surface area (Å²) in [6.45, 7) is -0.444. The summed E-state index contributed by atoms with van der Waals surface area (Å²) in [6.07, 6.45) is 6.61. The molecule has 0 saturated heterocycles. The molecule has 1 unspecified atom stereocenters. The van der Waals surface area contributed by atoms with E-state index in [2.05, 4.69) is 10.3 Å². The van der Waals surface area contributed by atoms with Gasteiger partial charge in [0.2, 0.25) is 0 Å². The number of aromatic nitrogens is 1. The van der Waals surface area contributed by atoms with E-state index < -0.39 is 22.5 Å². The maximum atomic E-state index is 13.1. The van der Waals surface area contributed by atoms with Crippen molar-refractivity contribution < 1.29 is 23.4 Å². The molecule has 1 heterocycles. The lowest BCUT2D eigenvalue weighted by atomic mass is 9.98. The number of sulfone groups is 1. The van der Waals surface area contributed by atoms with Crippen LogP contribution >= 0.6 is 11.3 Å². The van der Waals surface area contributed by atoms with Gasteiger partial charge in [0.25, 0.3) is 5.91 Å². The first-order valence-electron chi connectivity index (χ1n) is 10.5. The summed E-state index contributed by atoms with van der Waals surface area (Å²) in [4.78, 5) is 17.6. The molecule has 0 radical (unpaired) electrons. The largest absolute Gasteiger partial charge is 0.393 e. The zero-order valence-electron chi connectivity index (χ0n) is 17.0. The molecule has 7 nitrogen and oxygen atoms in total. The summed E-state index contributed by atoms with van der Waals surface area (Å²) in [5.41, 5.74) is 1.45. The third kappa shape index (κ3) is 5.06. The Morgan fingerprint density at radius 2 is 1.87 bits per heavy atom. The number of aliphatic hydroxyl groups is 2. The number of thiazole rings is 1. The van der Waals surface area contributed by atoms with Gasteiger partial charge in [-0.1, -0.05) is 31.1 Å². The van der Waals surface area contributed by atoms with Crippen LogP contribution in [-0.2, 0) is 14.6 Å². The molecule has 0 spiro atoms. The van der Waals surface area contributed by atoms with Crippen molar-refractivity contribution in [2.24, 2.45) is 5.92 Å². The Balaban J connectivity index is 1.58. The molecular formula is C22H26N2O5S2. The van der Waals surface area contributed by atoms with Crippen molar-refractivity contribution in [3.05, 3.63) is 47.0 Å². The van der Waals surface area contributed by atoms with Crippen LogP contribution in [0.4, 0.5) is 5.13 Å². The zero-order valence-corrected chi connectivity index (χ0v) is 18.7. The van der Waals surface area contributed by atoms with Gasteiger partial charge in [-0.3, -0.25) is 10.1 Å². The first kappa shape index (κ1) is 22.1. The van der Waals surface area contributed by atoms with E-state index in [0.29, 0.717) is 45.6 Å². The number of amides is 1. The van der Waals surface area contributed by atoms with Crippen molar-refractivity contribution in [3.8, 4) is 0 Å². The average Bonchev–Trinajstić information content (AvgIpc) is 3.33. The van der Waals surface area contributed by atoms with Crippen LogP contribution < -0.4 is 5.32 Å². The normalized spacial score (nSPS) is 18.8. The zero-order chi connectivity index (χ0) is 22.0. The second-order valence-corrected chi connectivity index (χ2v) is 11.2. The Kier molecular flexibility index (Phi) is 6.57. The molecule has 2 aliphatic carbocycles. The van der Waals surface area contributed by atoms with E-state index in [1.807, 2.05) is 6.08 Å². The highest BCUT2D eigenvalue weighted by molar-refractivity contribution is 7.92. The fourth-order valence-corrected chi connectivity index (χ4v) is 6.22. The molecule has 1 aromatic heterocycles. The standard InChI is InChI=1S/C22H26N2O5S2/c25-12-20(26)19-13-30-22(23-19)24-21(27)18(11-14-3-1-2-4-14)15-5-7-16(8-6-15)31(28,29)17-9-10-17/h5-8,11,13-14,17,20,25-26H,1-4,9-10,12H2,(H,23,24,27)/b18-11+. The Morgan fingerprint density at radius 3 is 2.48 bits per heavy atom. The lowest BCUT2D eigenvalue weighted by Crippen LogP contribution is -2.15.